The molecule has 0 fully saturated rings. The third-order valence-corrected chi connectivity index (χ3v) is 4.59. The van der Waals surface area contributed by atoms with Crippen LogP contribution in [0.3, 0.4) is 0 Å². The first kappa shape index (κ1) is 21.4. The van der Waals surface area contributed by atoms with Gasteiger partial charge in [0.2, 0.25) is 0 Å². The molecule has 9 nitrogen and oxygen atoms in total. The van der Waals surface area contributed by atoms with Crippen LogP contribution in [0.1, 0.15) is 27.5 Å². The van der Waals surface area contributed by atoms with Gasteiger partial charge >= 0.3 is 5.97 Å². The SMILES string of the molecule is COC(=O)C(NC(=O)c1cccn(Cc2ccccc2)c1=O)c1cccc([N+](=O)[O-])c1. The number of pyridine rings is 1. The standard InChI is InChI=1S/C22H19N3O6/c1-31-22(28)19(16-9-5-10-17(13-16)25(29)30)23-20(26)18-11-6-12-24(21(18)27)14-15-7-3-2-4-8-15/h2-13,19H,14H2,1H3,(H,23,26). The van der Waals surface area contributed by atoms with Gasteiger partial charge in [0.25, 0.3) is 17.2 Å². The number of carbonyl (C=O) groups excluding carboxylic acids is 2. The number of esters is 1. The summed E-state index contributed by atoms with van der Waals surface area (Å²) in [7, 11) is 1.13. The van der Waals surface area contributed by atoms with Crippen molar-refractivity contribution in [2.45, 2.75) is 12.6 Å². The number of hydrogen-bond donors (Lipinski definition) is 1. The molecule has 3 rings (SSSR count). The molecule has 0 aliphatic rings. The molecule has 0 radical (unpaired) electrons. The largest absolute Gasteiger partial charge is 0.467 e. The minimum Gasteiger partial charge on any atom is -0.467 e. The minimum absolute atomic E-state index is 0.162. The molecule has 0 saturated carbocycles. The third-order valence-electron chi connectivity index (χ3n) is 4.59. The highest BCUT2D eigenvalue weighted by atomic mass is 16.6. The summed E-state index contributed by atoms with van der Waals surface area (Å²) in [5.74, 6) is -1.62. The second-order valence-electron chi connectivity index (χ2n) is 6.62. The zero-order valence-electron chi connectivity index (χ0n) is 16.6. The molecule has 9 heteroatoms. The summed E-state index contributed by atoms with van der Waals surface area (Å²) in [6.07, 6.45) is 1.56. The van der Waals surface area contributed by atoms with Gasteiger partial charge in [-0.25, -0.2) is 4.79 Å². The second-order valence-corrected chi connectivity index (χ2v) is 6.62. The molecular weight excluding hydrogens is 402 g/mol. The maximum absolute atomic E-state index is 12.8. The topological polar surface area (TPSA) is 121 Å². The first-order chi connectivity index (χ1) is 14.9. The average Bonchev–Trinajstić information content (AvgIpc) is 2.79. The van der Waals surface area contributed by atoms with E-state index in [0.29, 0.717) is 0 Å². The third kappa shape index (κ3) is 5.02. The van der Waals surface area contributed by atoms with Crippen molar-refractivity contribution in [2.24, 2.45) is 0 Å². The van der Waals surface area contributed by atoms with Crippen molar-refractivity contribution in [3.63, 3.8) is 0 Å². The van der Waals surface area contributed by atoms with Crippen LogP contribution in [0.15, 0.2) is 77.7 Å². The molecule has 0 bridgehead atoms. The lowest BCUT2D eigenvalue weighted by Gasteiger charge is -2.17. The summed E-state index contributed by atoms with van der Waals surface area (Å²) in [5, 5.41) is 13.5. The number of aromatic nitrogens is 1. The van der Waals surface area contributed by atoms with Gasteiger partial charge in [0.1, 0.15) is 5.56 Å². The maximum atomic E-state index is 12.8. The fourth-order valence-corrected chi connectivity index (χ4v) is 3.04. The molecule has 1 atom stereocenters. The van der Waals surface area contributed by atoms with Crippen molar-refractivity contribution in [2.75, 3.05) is 7.11 Å². The van der Waals surface area contributed by atoms with Gasteiger partial charge in [-0.2, -0.15) is 0 Å². The molecule has 3 aromatic rings. The van der Waals surface area contributed by atoms with Crippen molar-refractivity contribution >= 4 is 17.6 Å². The predicted molar refractivity (Wildman–Crippen MR) is 112 cm³/mol. The zero-order chi connectivity index (χ0) is 22.4. The van der Waals surface area contributed by atoms with E-state index >= 15 is 0 Å². The Morgan fingerprint density at radius 3 is 2.52 bits per heavy atom. The normalized spacial score (nSPS) is 11.4. The number of nitro benzene ring substituents is 1. The number of hydrogen-bond acceptors (Lipinski definition) is 6. The summed E-state index contributed by atoms with van der Waals surface area (Å²) < 4.78 is 6.11. The summed E-state index contributed by atoms with van der Waals surface area (Å²) in [6.45, 7) is 0.270. The van der Waals surface area contributed by atoms with E-state index in [1.165, 1.54) is 34.9 Å². The quantitative estimate of drug-likeness (QED) is 0.355. The van der Waals surface area contributed by atoms with E-state index in [2.05, 4.69) is 5.32 Å². The van der Waals surface area contributed by atoms with Crippen molar-refractivity contribution < 1.29 is 19.2 Å². The minimum atomic E-state index is -1.32. The van der Waals surface area contributed by atoms with Crippen molar-refractivity contribution in [1.29, 1.82) is 0 Å². The number of nitro groups is 1. The van der Waals surface area contributed by atoms with E-state index in [4.69, 9.17) is 4.74 Å². The molecule has 1 aromatic heterocycles. The molecule has 2 aromatic carbocycles. The Morgan fingerprint density at radius 2 is 1.84 bits per heavy atom. The van der Waals surface area contributed by atoms with Crippen LogP contribution in [0.2, 0.25) is 0 Å². The van der Waals surface area contributed by atoms with E-state index in [0.717, 1.165) is 12.7 Å². The summed E-state index contributed by atoms with van der Waals surface area (Å²) in [4.78, 5) is 48.3. The Balaban J connectivity index is 1.90. The first-order valence-electron chi connectivity index (χ1n) is 9.27. The molecule has 0 saturated heterocycles. The monoisotopic (exact) mass is 421 g/mol. The smallest absolute Gasteiger partial charge is 0.333 e. The number of amides is 1. The number of ether oxygens (including phenoxy) is 1. The summed E-state index contributed by atoms with van der Waals surface area (Å²) in [5.41, 5.74) is 0.0935. The number of nitrogens with one attached hydrogen (secondary N) is 1. The molecule has 31 heavy (non-hydrogen) atoms. The molecule has 0 aliphatic carbocycles. The van der Waals surface area contributed by atoms with Crippen LogP contribution >= 0.6 is 0 Å². The summed E-state index contributed by atoms with van der Waals surface area (Å²) >= 11 is 0. The van der Waals surface area contributed by atoms with Crippen LogP contribution in [0, 0.1) is 10.1 Å². The van der Waals surface area contributed by atoms with Crippen LogP contribution in [-0.4, -0.2) is 28.5 Å². The summed E-state index contributed by atoms with van der Waals surface area (Å²) in [6, 6.07) is 16.1. The van der Waals surface area contributed by atoms with E-state index in [1.807, 2.05) is 30.3 Å². The lowest BCUT2D eigenvalue weighted by atomic mass is 10.1. The highest BCUT2D eigenvalue weighted by Gasteiger charge is 2.26. The average molecular weight is 421 g/mol. The van der Waals surface area contributed by atoms with Gasteiger partial charge in [-0.1, -0.05) is 42.5 Å². The number of carbonyl (C=O) groups is 2. The number of methoxy groups -OCH3 is 1. The van der Waals surface area contributed by atoms with Gasteiger partial charge in [-0.15, -0.1) is 0 Å². The molecular formula is C22H19N3O6. The fourth-order valence-electron chi connectivity index (χ4n) is 3.04. The second kappa shape index (κ2) is 9.49. The highest BCUT2D eigenvalue weighted by molar-refractivity contribution is 5.96. The number of rotatable bonds is 7. The Morgan fingerprint density at radius 1 is 1.10 bits per heavy atom. The van der Waals surface area contributed by atoms with Crippen LogP contribution in [-0.2, 0) is 16.1 Å². The molecule has 0 spiro atoms. The molecule has 1 heterocycles. The predicted octanol–water partition coefficient (Wildman–Crippen LogP) is 2.45. The van der Waals surface area contributed by atoms with Crippen LogP contribution in [0.4, 0.5) is 5.69 Å². The van der Waals surface area contributed by atoms with Crippen LogP contribution < -0.4 is 10.9 Å². The van der Waals surface area contributed by atoms with Gasteiger partial charge in [0.15, 0.2) is 6.04 Å². The van der Waals surface area contributed by atoms with Crippen molar-refractivity contribution in [3.8, 4) is 0 Å². The number of non-ortho nitro benzene ring substituents is 1. The molecule has 158 valence electrons. The van der Waals surface area contributed by atoms with E-state index in [1.54, 1.807) is 12.3 Å². The Bertz CT molecular complexity index is 1170. The van der Waals surface area contributed by atoms with Gasteiger partial charge in [0.05, 0.1) is 18.6 Å². The zero-order valence-corrected chi connectivity index (χ0v) is 16.6. The first-order valence-corrected chi connectivity index (χ1v) is 9.27. The van der Waals surface area contributed by atoms with Crippen LogP contribution in [0.25, 0.3) is 0 Å². The highest BCUT2D eigenvalue weighted by Crippen LogP contribution is 2.20. The molecule has 1 unspecified atom stereocenters. The molecule has 1 amide bonds. The molecule has 1 N–H and O–H groups in total. The molecule has 0 aliphatic heterocycles. The van der Waals surface area contributed by atoms with E-state index in [9.17, 15) is 24.5 Å². The van der Waals surface area contributed by atoms with Gasteiger partial charge < -0.3 is 14.6 Å². The van der Waals surface area contributed by atoms with Crippen LogP contribution in [0.5, 0.6) is 0 Å². The number of nitrogens with zero attached hydrogens (tertiary/aromatic N) is 2. The van der Waals surface area contributed by atoms with Gasteiger partial charge in [0, 0.05) is 18.3 Å². The van der Waals surface area contributed by atoms with E-state index in [-0.39, 0.29) is 23.4 Å². The van der Waals surface area contributed by atoms with Crippen molar-refractivity contribution in [3.05, 3.63) is 110 Å². The lowest BCUT2D eigenvalue weighted by molar-refractivity contribution is -0.384. The number of benzene rings is 2. The Hall–Kier alpha value is -4.27. The fraction of sp³-hybridized carbons (Fsp3) is 0.136. The lowest BCUT2D eigenvalue weighted by Crippen LogP contribution is -2.38. The maximum Gasteiger partial charge on any atom is 0.333 e. The Kier molecular flexibility index (Phi) is 6.56. The van der Waals surface area contributed by atoms with E-state index < -0.39 is 28.4 Å². The Labute approximate surface area is 177 Å². The van der Waals surface area contributed by atoms with Crippen molar-refractivity contribution in [1.82, 2.24) is 9.88 Å². The van der Waals surface area contributed by atoms with Gasteiger partial charge in [-0.3, -0.25) is 19.7 Å². The van der Waals surface area contributed by atoms with Gasteiger partial charge in [-0.05, 0) is 23.3 Å².